The summed E-state index contributed by atoms with van der Waals surface area (Å²) < 4.78 is 10.8. The number of amides is 3. The van der Waals surface area contributed by atoms with Gasteiger partial charge < -0.3 is 14.4 Å². The Balaban J connectivity index is 1.43. The monoisotopic (exact) mass is 450 g/mol. The van der Waals surface area contributed by atoms with Gasteiger partial charge in [0.2, 0.25) is 5.91 Å². The minimum Gasteiger partial charge on any atom is -0.447 e. The molecule has 0 aliphatic carbocycles. The number of nitrogens with zero attached hydrogens (tertiary/aromatic N) is 2. The Morgan fingerprint density at radius 1 is 1.03 bits per heavy atom. The van der Waals surface area contributed by atoms with Crippen molar-refractivity contribution >= 4 is 18.1 Å². The molecule has 0 aromatic heterocycles. The SMILES string of the molecule is C[C@H](C(=O)N1C(=O)OC[C@H]1Cc1ccccc1)[C@@H]1CCCCN1C(=O)OCc1ccccc1. The molecule has 2 saturated heterocycles. The van der Waals surface area contributed by atoms with Crippen LogP contribution >= 0.6 is 0 Å². The molecule has 0 unspecified atom stereocenters. The first kappa shape index (κ1) is 22.8. The number of hydrogen-bond donors (Lipinski definition) is 0. The molecule has 7 heteroatoms. The van der Waals surface area contributed by atoms with Crippen LogP contribution in [0.5, 0.6) is 0 Å². The van der Waals surface area contributed by atoms with Crippen LogP contribution in [0.1, 0.15) is 37.3 Å². The second-order valence-corrected chi connectivity index (χ2v) is 8.71. The molecule has 0 saturated carbocycles. The molecule has 2 fully saturated rings. The fraction of sp³-hybridized carbons (Fsp3) is 0.423. The summed E-state index contributed by atoms with van der Waals surface area (Å²) >= 11 is 0. The Morgan fingerprint density at radius 3 is 2.39 bits per heavy atom. The van der Waals surface area contributed by atoms with Gasteiger partial charge in [0.25, 0.3) is 0 Å². The fourth-order valence-electron chi connectivity index (χ4n) is 4.66. The molecule has 0 spiro atoms. The smallest absolute Gasteiger partial charge is 0.416 e. The molecule has 2 aromatic carbocycles. The molecular formula is C26H30N2O5. The predicted octanol–water partition coefficient (Wildman–Crippen LogP) is 4.40. The largest absolute Gasteiger partial charge is 0.447 e. The standard InChI is InChI=1S/C26H30N2O5/c1-19(24(29)28-22(18-33-26(28)31)16-20-10-4-2-5-11-20)23-14-8-9-15-27(23)25(30)32-17-21-12-6-3-7-13-21/h2-7,10-13,19,22-23H,8-9,14-18H2,1H3/t19-,22+,23-/m0/s1. The van der Waals surface area contributed by atoms with E-state index in [-0.39, 0.29) is 31.2 Å². The summed E-state index contributed by atoms with van der Waals surface area (Å²) in [6.07, 6.45) is 1.98. The van der Waals surface area contributed by atoms with E-state index in [0.29, 0.717) is 19.4 Å². The Labute approximate surface area is 194 Å². The van der Waals surface area contributed by atoms with Gasteiger partial charge in [0.05, 0.1) is 12.0 Å². The summed E-state index contributed by atoms with van der Waals surface area (Å²) in [4.78, 5) is 41.7. The molecule has 0 radical (unpaired) electrons. The van der Waals surface area contributed by atoms with E-state index in [1.54, 1.807) is 11.8 Å². The van der Waals surface area contributed by atoms with Crippen LogP contribution in [0, 0.1) is 5.92 Å². The van der Waals surface area contributed by atoms with Crippen LogP contribution in [0.25, 0.3) is 0 Å². The van der Waals surface area contributed by atoms with Gasteiger partial charge in [-0.2, -0.15) is 0 Å². The number of likely N-dealkylation sites (tertiary alicyclic amines) is 1. The third-order valence-electron chi connectivity index (χ3n) is 6.47. The molecule has 4 rings (SSSR count). The van der Waals surface area contributed by atoms with Crippen molar-refractivity contribution in [2.24, 2.45) is 5.92 Å². The van der Waals surface area contributed by atoms with Crippen molar-refractivity contribution in [1.82, 2.24) is 9.80 Å². The molecule has 3 atom stereocenters. The maximum absolute atomic E-state index is 13.4. The lowest BCUT2D eigenvalue weighted by atomic mass is 9.90. The Kier molecular flexibility index (Phi) is 7.27. The van der Waals surface area contributed by atoms with Gasteiger partial charge in [-0.15, -0.1) is 0 Å². The first-order chi connectivity index (χ1) is 16.0. The van der Waals surface area contributed by atoms with E-state index in [9.17, 15) is 14.4 Å². The second-order valence-electron chi connectivity index (χ2n) is 8.71. The average molecular weight is 451 g/mol. The highest BCUT2D eigenvalue weighted by Crippen LogP contribution is 2.28. The van der Waals surface area contributed by atoms with Crippen molar-refractivity contribution in [2.75, 3.05) is 13.2 Å². The van der Waals surface area contributed by atoms with Gasteiger partial charge in [0, 0.05) is 12.6 Å². The van der Waals surface area contributed by atoms with E-state index in [1.807, 2.05) is 60.7 Å². The number of hydrogen-bond acceptors (Lipinski definition) is 5. The third kappa shape index (κ3) is 5.35. The molecule has 174 valence electrons. The summed E-state index contributed by atoms with van der Waals surface area (Å²) in [5.74, 6) is -0.843. The van der Waals surface area contributed by atoms with E-state index in [0.717, 1.165) is 24.0 Å². The van der Waals surface area contributed by atoms with Crippen molar-refractivity contribution in [3.63, 3.8) is 0 Å². The van der Waals surface area contributed by atoms with Crippen molar-refractivity contribution in [1.29, 1.82) is 0 Å². The second kappa shape index (κ2) is 10.5. The number of imide groups is 1. The van der Waals surface area contributed by atoms with Gasteiger partial charge in [-0.1, -0.05) is 67.6 Å². The number of ether oxygens (including phenoxy) is 2. The molecule has 33 heavy (non-hydrogen) atoms. The molecule has 0 bridgehead atoms. The van der Waals surface area contributed by atoms with Crippen molar-refractivity contribution in [3.8, 4) is 0 Å². The molecule has 2 aromatic rings. The number of cyclic esters (lactones) is 1. The lowest BCUT2D eigenvalue weighted by Gasteiger charge is -2.38. The zero-order chi connectivity index (χ0) is 23.2. The van der Waals surface area contributed by atoms with Crippen molar-refractivity contribution < 1.29 is 23.9 Å². The summed E-state index contributed by atoms with van der Waals surface area (Å²) in [5.41, 5.74) is 1.95. The Bertz CT molecular complexity index is 965. The molecule has 2 aliphatic rings. The van der Waals surface area contributed by atoms with Crippen LogP contribution in [-0.2, 0) is 27.3 Å². The quantitative estimate of drug-likeness (QED) is 0.652. The molecule has 7 nitrogen and oxygen atoms in total. The number of benzene rings is 2. The Morgan fingerprint density at radius 2 is 1.70 bits per heavy atom. The maximum atomic E-state index is 13.4. The average Bonchev–Trinajstić information content (AvgIpc) is 3.22. The highest BCUT2D eigenvalue weighted by atomic mass is 16.6. The summed E-state index contributed by atoms with van der Waals surface area (Å²) in [5, 5.41) is 0. The topological polar surface area (TPSA) is 76.2 Å². The molecule has 2 aliphatic heterocycles. The van der Waals surface area contributed by atoms with Gasteiger partial charge >= 0.3 is 12.2 Å². The molecular weight excluding hydrogens is 420 g/mol. The first-order valence-electron chi connectivity index (χ1n) is 11.6. The van der Waals surface area contributed by atoms with Crippen molar-refractivity contribution in [3.05, 3.63) is 71.8 Å². The highest BCUT2D eigenvalue weighted by Gasteiger charge is 2.44. The normalized spacial score (nSPS) is 21.4. The number of rotatable bonds is 6. The number of carbonyl (C=O) groups is 3. The van der Waals surface area contributed by atoms with Gasteiger partial charge in [0.15, 0.2) is 0 Å². The van der Waals surface area contributed by atoms with E-state index in [1.165, 1.54) is 4.90 Å². The third-order valence-corrected chi connectivity index (χ3v) is 6.47. The summed E-state index contributed by atoms with van der Waals surface area (Å²) in [6.45, 7) is 2.69. The van der Waals surface area contributed by atoms with Crippen LogP contribution in [0.2, 0.25) is 0 Å². The zero-order valence-corrected chi connectivity index (χ0v) is 18.9. The van der Waals surface area contributed by atoms with Gasteiger partial charge in [-0.05, 0) is 36.8 Å². The fourth-order valence-corrected chi connectivity index (χ4v) is 4.66. The summed E-state index contributed by atoms with van der Waals surface area (Å²) in [6, 6.07) is 18.6. The van der Waals surface area contributed by atoms with E-state index >= 15 is 0 Å². The van der Waals surface area contributed by atoms with Crippen molar-refractivity contribution in [2.45, 2.75) is 51.3 Å². The van der Waals surface area contributed by atoms with Crippen LogP contribution < -0.4 is 0 Å². The van der Waals surface area contributed by atoms with Gasteiger partial charge in [-0.25, -0.2) is 14.5 Å². The van der Waals surface area contributed by atoms with Gasteiger partial charge in [-0.3, -0.25) is 4.79 Å². The van der Waals surface area contributed by atoms with Crippen LogP contribution in [0.4, 0.5) is 9.59 Å². The lowest BCUT2D eigenvalue weighted by Crippen LogP contribution is -2.53. The molecule has 2 heterocycles. The lowest BCUT2D eigenvalue weighted by molar-refractivity contribution is -0.135. The Hall–Kier alpha value is -3.35. The minimum absolute atomic E-state index is 0.180. The first-order valence-corrected chi connectivity index (χ1v) is 11.6. The zero-order valence-electron chi connectivity index (χ0n) is 18.9. The predicted molar refractivity (Wildman–Crippen MR) is 122 cm³/mol. The van der Waals surface area contributed by atoms with Crippen LogP contribution in [-0.4, -0.2) is 53.1 Å². The summed E-state index contributed by atoms with van der Waals surface area (Å²) in [7, 11) is 0. The van der Waals surface area contributed by atoms with Crippen LogP contribution in [0.3, 0.4) is 0 Å². The molecule has 0 N–H and O–H groups in total. The number of carbonyl (C=O) groups excluding carboxylic acids is 3. The maximum Gasteiger partial charge on any atom is 0.416 e. The minimum atomic E-state index is -0.609. The highest BCUT2D eigenvalue weighted by molar-refractivity contribution is 5.95. The van der Waals surface area contributed by atoms with E-state index in [4.69, 9.17) is 9.47 Å². The molecule has 3 amide bonds. The van der Waals surface area contributed by atoms with Crippen LogP contribution in [0.15, 0.2) is 60.7 Å². The van der Waals surface area contributed by atoms with E-state index < -0.39 is 18.1 Å². The van der Waals surface area contributed by atoms with E-state index in [2.05, 4.69) is 0 Å². The number of piperidine rings is 1. The van der Waals surface area contributed by atoms with Gasteiger partial charge in [0.1, 0.15) is 13.2 Å².